The minimum Gasteiger partial charge on any atom is -0.460 e. The highest BCUT2D eigenvalue weighted by Crippen LogP contribution is 2.19. The van der Waals surface area contributed by atoms with Crippen LogP contribution in [0.5, 0.6) is 0 Å². The van der Waals surface area contributed by atoms with Crippen LogP contribution in [0.15, 0.2) is 54.6 Å². The van der Waals surface area contributed by atoms with Crippen LogP contribution in [-0.2, 0) is 20.9 Å². The monoisotopic (exact) mass is 398 g/mol. The third-order valence-corrected chi connectivity index (χ3v) is 4.89. The fourth-order valence-corrected chi connectivity index (χ4v) is 3.21. The first-order chi connectivity index (χ1) is 14.0. The summed E-state index contributed by atoms with van der Waals surface area (Å²) in [5.74, 6) is -1.52. The summed E-state index contributed by atoms with van der Waals surface area (Å²) in [5.41, 5.74) is 1.31. The van der Waals surface area contributed by atoms with Gasteiger partial charge in [-0.2, -0.15) is 0 Å². The molecule has 2 aromatic carbocycles. The third kappa shape index (κ3) is 5.88. The zero-order valence-corrected chi connectivity index (χ0v) is 16.0. The minimum atomic E-state index is -0.494. The summed E-state index contributed by atoms with van der Waals surface area (Å²) in [6.07, 6.45) is 1.02. The molecule has 1 saturated heterocycles. The smallest absolute Gasteiger partial charge is 0.325 e. The molecule has 0 bridgehead atoms. The molecule has 2 aromatic rings. The van der Waals surface area contributed by atoms with Gasteiger partial charge in [0.25, 0.3) is 5.91 Å². The Morgan fingerprint density at radius 3 is 2.31 bits per heavy atom. The Bertz CT molecular complexity index is 847. The average molecular weight is 398 g/mol. The van der Waals surface area contributed by atoms with E-state index in [9.17, 15) is 18.8 Å². The number of ether oxygens (including phenoxy) is 1. The fraction of sp³-hybridized carbons (Fsp3) is 0.318. The number of esters is 1. The number of amides is 2. The van der Waals surface area contributed by atoms with Crippen molar-refractivity contribution in [3.05, 3.63) is 71.5 Å². The Labute approximate surface area is 168 Å². The topological polar surface area (TPSA) is 75.7 Å². The van der Waals surface area contributed by atoms with Gasteiger partial charge in [-0.3, -0.25) is 14.4 Å². The molecule has 7 heteroatoms. The number of hydrogen-bond acceptors (Lipinski definition) is 4. The van der Waals surface area contributed by atoms with Crippen molar-refractivity contribution >= 4 is 17.8 Å². The van der Waals surface area contributed by atoms with E-state index in [4.69, 9.17) is 4.74 Å². The molecule has 0 aromatic heterocycles. The highest BCUT2D eigenvalue weighted by Gasteiger charge is 2.28. The first-order valence-electron chi connectivity index (χ1n) is 9.55. The number of benzene rings is 2. The molecule has 0 saturated carbocycles. The first-order valence-corrected chi connectivity index (χ1v) is 9.55. The third-order valence-electron chi connectivity index (χ3n) is 4.89. The zero-order chi connectivity index (χ0) is 20.6. The summed E-state index contributed by atoms with van der Waals surface area (Å²) in [6.45, 7) is 0.860. The van der Waals surface area contributed by atoms with E-state index < -0.39 is 5.97 Å². The van der Waals surface area contributed by atoms with E-state index in [-0.39, 0.29) is 36.7 Å². The molecular formula is C22H23FN2O4. The molecule has 1 aliphatic rings. The molecular weight excluding hydrogens is 375 g/mol. The molecule has 0 spiro atoms. The molecule has 0 radical (unpaired) electrons. The number of halogens is 1. The van der Waals surface area contributed by atoms with E-state index in [0.29, 0.717) is 31.5 Å². The Morgan fingerprint density at radius 1 is 1.00 bits per heavy atom. The van der Waals surface area contributed by atoms with E-state index in [1.54, 1.807) is 4.90 Å². The summed E-state index contributed by atoms with van der Waals surface area (Å²) in [7, 11) is 0. The van der Waals surface area contributed by atoms with Gasteiger partial charge in [-0.15, -0.1) is 0 Å². The summed E-state index contributed by atoms with van der Waals surface area (Å²) >= 11 is 0. The Kier molecular flexibility index (Phi) is 6.94. The van der Waals surface area contributed by atoms with Gasteiger partial charge >= 0.3 is 5.97 Å². The highest BCUT2D eigenvalue weighted by molar-refractivity contribution is 5.94. The maximum Gasteiger partial charge on any atom is 0.325 e. The molecule has 1 aliphatic heterocycles. The normalized spacial score (nSPS) is 14.3. The second kappa shape index (κ2) is 9.82. The molecule has 152 valence electrons. The predicted octanol–water partition coefficient (Wildman–Crippen LogP) is 2.54. The number of piperidine rings is 1. The van der Waals surface area contributed by atoms with Crippen molar-refractivity contribution in [2.45, 2.75) is 19.4 Å². The molecule has 1 heterocycles. The van der Waals surface area contributed by atoms with E-state index >= 15 is 0 Å². The molecule has 6 nitrogen and oxygen atoms in total. The summed E-state index contributed by atoms with van der Waals surface area (Å²) in [5, 5.41) is 2.61. The van der Waals surface area contributed by atoms with Crippen LogP contribution in [0.2, 0.25) is 0 Å². The molecule has 0 unspecified atom stereocenters. The number of nitrogens with zero attached hydrogens (tertiary/aromatic N) is 1. The van der Waals surface area contributed by atoms with E-state index in [1.165, 1.54) is 24.3 Å². The second-order valence-electron chi connectivity index (χ2n) is 6.94. The van der Waals surface area contributed by atoms with Crippen LogP contribution in [0, 0.1) is 11.7 Å². The molecule has 1 N–H and O–H groups in total. The van der Waals surface area contributed by atoms with Gasteiger partial charge in [0.1, 0.15) is 19.0 Å². The highest BCUT2D eigenvalue weighted by atomic mass is 19.1. The first kappa shape index (κ1) is 20.5. The van der Waals surface area contributed by atoms with Crippen LogP contribution in [0.3, 0.4) is 0 Å². The van der Waals surface area contributed by atoms with Crippen molar-refractivity contribution in [2.24, 2.45) is 5.92 Å². The largest absolute Gasteiger partial charge is 0.460 e. The van der Waals surface area contributed by atoms with Crippen LogP contribution in [-0.4, -0.2) is 42.3 Å². The van der Waals surface area contributed by atoms with Gasteiger partial charge in [-0.1, -0.05) is 30.3 Å². The van der Waals surface area contributed by atoms with Crippen molar-refractivity contribution in [1.29, 1.82) is 0 Å². The van der Waals surface area contributed by atoms with E-state index in [0.717, 1.165) is 5.56 Å². The molecule has 1 fully saturated rings. The fourth-order valence-electron chi connectivity index (χ4n) is 3.21. The number of likely N-dealkylation sites (tertiary alicyclic amines) is 1. The number of rotatable bonds is 6. The van der Waals surface area contributed by atoms with Gasteiger partial charge in [0.05, 0.1) is 0 Å². The van der Waals surface area contributed by atoms with Gasteiger partial charge in [0.2, 0.25) is 5.91 Å². The molecule has 29 heavy (non-hydrogen) atoms. The van der Waals surface area contributed by atoms with Crippen LogP contribution in [0.4, 0.5) is 4.39 Å². The van der Waals surface area contributed by atoms with Crippen molar-refractivity contribution in [1.82, 2.24) is 10.2 Å². The average Bonchev–Trinajstić information content (AvgIpc) is 2.77. The van der Waals surface area contributed by atoms with Crippen LogP contribution < -0.4 is 5.32 Å². The zero-order valence-electron chi connectivity index (χ0n) is 16.0. The number of hydrogen-bond donors (Lipinski definition) is 1. The lowest BCUT2D eigenvalue weighted by Gasteiger charge is -2.31. The van der Waals surface area contributed by atoms with Crippen molar-refractivity contribution < 1.29 is 23.5 Å². The van der Waals surface area contributed by atoms with Crippen molar-refractivity contribution in [3.63, 3.8) is 0 Å². The molecule has 0 atom stereocenters. The van der Waals surface area contributed by atoms with Crippen molar-refractivity contribution in [2.75, 3.05) is 19.6 Å². The predicted molar refractivity (Wildman–Crippen MR) is 104 cm³/mol. The van der Waals surface area contributed by atoms with Crippen LogP contribution in [0.25, 0.3) is 0 Å². The summed E-state index contributed by atoms with van der Waals surface area (Å²) in [4.78, 5) is 38.2. The van der Waals surface area contributed by atoms with Gasteiger partial charge in [0.15, 0.2) is 0 Å². The second-order valence-corrected chi connectivity index (χ2v) is 6.94. The minimum absolute atomic E-state index is 0.166. The van der Waals surface area contributed by atoms with Crippen molar-refractivity contribution in [3.8, 4) is 0 Å². The van der Waals surface area contributed by atoms with E-state index in [1.807, 2.05) is 30.3 Å². The Morgan fingerprint density at radius 2 is 1.66 bits per heavy atom. The number of carbonyl (C=O) groups is 3. The summed E-state index contributed by atoms with van der Waals surface area (Å²) < 4.78 is 18.1. The van der Waals surface area contributed by atoms with Gasteiger partial charge in [0, 0.05) is 24.6 Å². The Hall–Kier alpha value is -3.22. The quantitative estimate of drug-likeness (QED) is 0.759. The molecule has 3 rings (SSSR count). The lowest BCUT2D eigenvalue weighted by atomic mass is 9.95. The lowest BCUT2D eigenvalue weighted by Crippen LogP contribution is -2.44. The van der Waals surface area contributed by atoms with Gasteiger partial charge in [-0.05, 0) is 42.7 Å². The number of nitrogens with one attached hydrogen (secondary N) is 1. The molecule has 2 amide bonds. The Balaban J connectivity index is 1.38. The van der Waals surface area contributed by atoms with Gasteiger partial charge < -0.3 is 15.0 Å². The van der Waals surface area contributed by atoms with E-state index in [2.05, 4.69) is 5.32 Å². The maximum absolute atomic E-state index is 13.0. The maximum atomic E-state index is 13.0. The van der Waals surface area contributed by atoms with Crippen LogP contribution in [0.1, 0.15) is 28.8 Å². The lowest BCUT2D eigenvalue weighted by molar-refractivity contribution is -0.145. The van der Waals surface area contributed by atoms with Gasteiger partial charge in [-0.25, -0.2) is 4.39 Å². The SMILES string of the molecule is O=C(CNC(=O)C1CCN(C(=O)c2ccc(F)cc2)CC1)OCc1ccccc1. The standard InChI is InChI=1S/C22H23FN2O4/c23-19-8-6-18(7-9-19)22(28)25-12-10-17(11-13-25)21(27)24-14-20(26)29-15-16-4-2-1-3-5-16/h1-9,17H,10-15H2,(H,24,27). The van der Waals surface area contributed by atoms with Crippen LogP contribution >= 0.6 is 0 Å². The summed E-state index contributed by atoms with van der Waals surface area (Å²) in [6, 6.07) is 14.7. The molecule has 0 aliphatic carbocycles. The number of carbonyl (C=O) groups excluding carboxylic acids is 3.